The highest BCUT2D eigenvalue weighted by Crippen LogP contribution is 2.36. The number of allylic oxidation sites excluding steroid dienone is 4. The lowest BCUT2D eigenvalue weighted by atomic mass is 9.90. The predicted molar refractivity (Wildman–Crippen MR) is 138 cm³/mol. The van der Waals surface area contributed by atoms with Crippen LogP contribution in [0.3, 0.4) is 0 Å². The molecular weight excluding hydrogens is 460 g/mol. The molecule has 2 saturated heterocycles. The maximum Gasteiger partial charge on any atom is 0.229 e. The Labute approximate surface area is 211 Å². The highest BCUT2D eigenvalue weighted by Gasteiger charge is 2.43. The third kappa shape index (κ3) is 4.68. The molecule has 4 aliphatic rings. The molecular formula is C28H31ClN4O2. The Bertz CT molecular complexity index is 1210. The summed E-state index contributed by atoms with van der Waals surface area (Å²) in [5.41, 5.74) is 2.35. The fraction of sp³-hybridized carbons (Fsp3) is 0.464. The van der Waals surface area contributed by atoms with Crippen LogP contribution in [0.15, 0.2) is 53.9 Å². The van der Waals surface area contributed by atoms with Crippen molar-refractivity contribution in [3.63, 3.8) is 0 Å². The molecule has 6 nitrogen and oxygen atoms in total. The summed E-state index contributed by atoms with van der Waals surface area (Å²) in [6, 6.07) is 6.85. The number of halogens is 1. The van der Waals surface area contributed by atoms with E-state index < -0.39 is 0 Å². The van der Waals surface area contributed by atoms with E-state index in [1.54, 1.807) is 0 Å². The Balaban J connectivity index is 1.10. The number of piperidine rings is 1. The molecule has 1 unspecified atom stereocenters. The fourth-order valence-corrected chi connectivity index (χ4v) is 5.80. The topological polar surface area (TPSA) is 65.5 Å². The van der Waals surface area contributed by atoms with E-state index in [0.29, 0.717) is 19.1 Å². The number of pyridine rings is 1. The van der Waals surface area contributed by atoms with Crippen LogP contribution < -0.4 is 5.32 Å². The normalized spacial score (nSPS) is 23.2. The fourth-order valence-electron chi connectivity index (χ4n) is 5.56. The number of carbonyl (C=O) groups excluding carboxylic acids is 2. The van der Waals surface area contributed by atoms with E-state index in [2.05, 4.69) is 40.7 Å². The van der Waals surface area contributed by atoms with Gasteiger partial charge in [-0.25, -0.2) is 0 Å². The molecule has 1 atom stereocenters. The van der Waals surface area contributed by atoms with Crippen molar-refractivity contribution >= 4 is 39.9 Å². The average molecular weight is 491 g/mol. The van der Waals surface area contributed by atoms with Crippen LogP contribution >= 0.6 is 11.6 Å². The number of nitrogens with one attached hydrogen (secondary N) is 1. The third-order valence-corrected chi connectivity index (χ3v) is 8.12. The number of benzene rings is 1. The van der Waals surface area contributed by atoms with E-state index >= 15 is 0 Å². The molecule has 0 radical (unpaired) electrons. The Morgan fingerprint density at radius 3 is 2.51 bits per heavy atom. The van der Waals surface area contributed by atoms with Crippen molar-refractivity contribution in [3.05, 3.63) is 59.4 Å². The molecule has 1 aromatic heterocycles. The van der Waals surface area contributed by atoms with Gasteiger partial charge in [-0.05, 0) is 61.3 Å². The van der Waals surface area contributed by atoms with Crippen molar-refractivity contribution in [2.75, 3.05) is 31.5 Å². The van der Waals surface area contributed by atoms with Crippen LogP contribution in [0.2, 0.25) is 0 Å². The van der Waals surface area contributed by atoms with Gasteiger partial charge < -0.3 is 15.1 Å². The van der Waals surface area contributed by atoms with Gasteiger partial charge in [-0.2, -0.15) is 0 Å². The summed E-state index contributed by atoms with van der Waals surface area (Å²) >= 11 is 6.29. The third-order valence-electron chi connectivity index (χ3n) is 7.87. The smallest absolute Gasteiger partial charge is 0.229 e. The maximum atomic E-state index is 13.0. The van der Waals surface area contributed by atoms with E-state index in [4.69, 9.17) is 11.6 Å². The van der Waals surface area contributed by atoms with Crippen molar-refractivity contribution < 1.29 is 9.59 Å². The van der Waals surface area contributed by atoms with Gasteiger partial charge >= 0.3 is 0 Å². The number of amides is 2. The Morgan fingerprint density at radius 1 is 1.00 bits per heavy atom. The summed E-state index contributed by atoms with van der Waals surface area (Å²) < 4.78 is 0. The van der Waals surface area contributed by atoms with Crippen LogP contribution in [0.5, 0.6) is 0 Å². The van der Waals surface area contributed by atoms with Crippen molar-refractivity contribution in [1.82, 2.24) is 14.8 Å². The lowest BCUT2D eigenvalue weighted by Gasteiger charge is -2.42. The van der Waals surface area contributed by atoms with E-state index in [-0.39, 0.29) is 29.6 Å². The molecule has 6 rings (SSSR count). The Kier molecular flexibility index (Phi) is 6.01. The number of nitrogens with zero attached hydrogens (tertiary/aromatic N) is 3. The van der Waals surface area contributed by atoms with Gasteiger partial charge in [0.1, 0.15) is 0 Å². The van der Waals surface area contributed by atoms with Gasteiger partial charge in [0.15, 0.2) is 0 Å². The summed E-state index contributed by atoms with van der Waals surface area (Å²) in [5, 5.41) is 6.84. The zero-order valence-corrected chi connectivity index (χ0v) is 20.6. The molecule has 2 amide bonds. The van der Waals surface area contributed by atoms with Gasteiger partial charge in [-0.15, -0.1) is 0 Å². The number of hydrogen-bond acceptors (Lipinski definition) is 4. The molecule has 3 heterocycles. The number of likely N-dealkylation sites (tertiary alicyclic amines) is 2. The molecule has 182 valence electrons. The summed E-state index contributed by atoms with van der Waals surface area (Å²) in [6.45, 7) is 2.72. The molecule has 1 saturated carbocycles. The standard InChI is InChI=1S/C28H31ClN4O2/c29-23-3-1-2-19(13-23)21-12-20-6-9-30-15-25(20)26(14-21)31-24-7-10-32(11-8-24)28(35)22-16-33(17-22)27(34)18-4-5-18/h1,3,6,9,12-15,18-19,22,24,31H,2,4-5,7-8,10-11,16-17H2. The van der Waals surface area contributed by atoms with Crippen LogP contribution in [-0.2, 0) is 9.59 Å². The number of aromatic nitrogens is 1. The molecule has 2 aliphatic heterocycles. The van der Waals surface area contributed by atoms with Gasteiger partial charge in [0.25, 0.3) is 0 Å². The zero-order valence-electron chi connectivity index (χ0n) is 19.8. The highest BCUT2D eigenvalue weighted by molar-refractivity contribution is 6.31. The summed E-state index contributed by atoms with van der Waals surface area (Å²) in [7, 11) is 0. The minimum atomic E-state index is -0.0154. The second-order valence-electron chi connectivity index (χ2n) is 10.4. The molecule has 2 aromatic rings. The second kappa shape index (κ2) is 9.30. The number of rotatable bonds is 5. The van der Waals surface area contributed by atoms with E-state index in [0.717, 1.165) is 61.3 Å². The van der Waals surface area contributed by atoms with Crippen LogP contribution in [0.4, 0.5) is 5.69 Å². The summed E-state index contributed by atoms with van der Waals surface area (Å²) in [4.78, 5) is 33.3. The first-order valence-electron chi connectivity index (χ1n) is 12.8. The average Bonchev–Trinajstić information content (AvgIpc) is 3.69. The van der Waals surface area contributed by atoms with Crippen molar-refractivity contribution in [3.8, 4) is 0 Å². The van der Waals surface area contributed by atoms with Gasteiger partial charge in [0, 0.05) is 72.6 Å². The quantitative estimate of drug-likeness (QED) is 0.661. The van der Waals surface area contributed by atoms with Gasteiger partial charge in [0.2, 0.25) is 11.8 Å². The minimum Gasteiger partial charge on any atom is -0.382 e. The summed E-state index contributed by atoms with van der Waals surface area (Å²) in [6.07, 6.45) is 14.8. The number of hydrogen-bond donors (Lipinski definition) is 1. The minimum absolute atomic E-state index is 0.0154. The van der Waals surface area contributed by atoms with Crippen LogP contribution in [0.25, 0.3) is 10.8 Å². The first-order valence-corrected chi connectivity index (χ1v) is 13.2. The molecule has 0 spiro atoms. The number of carbonyl (C=O) groups is 2. The monoisotopic (exact) mass is 490 g/mol. The van der Waals surface area contributed by atoms with Gasteiger partial charge in [-0.3, -0.25) is 14.6 Å². The molecule has 7 heteroatoms. The Hall–Kier alpha value is -2.86. The van der Waals surface area contributed by atoms with E-state index in [9.17, 15) is 9.59 Å². The van der Waals surface area contributed by atoms with Crippen molar-refractivity contribution in [2.24, 2.45) is 11.8 Å². The van der Waals surface area contributed by atoms with Crippen LogP contribution in [0, 0.1) is 11.8 Å². The molecule has 2 aliphatic carbocycles. The first-order chi connectivity index (χ1) is 17.0. The van der Waals surface area contributed by atoms with Crippen molar-refractivity contribution in [2.45, 2.75) is 44.1 Å². The lowest BCUT2D eigenvalue weighted by molar-refractivity contribution is -0.149. The number of fused-ring (bicyclic) bond motifs is 1. The summed E-state index contributed by atoms with van der Waals surface area (Å²) in [5.74, 6) is 0.953. The Morgan fingerprint density at radius 2 is 1.77 bits per heavy atom. The van der Waals surface area contributed by atoms with E-state index in [1.165, 1.54) is 10.9 Å². The van der Waals surface area contributed by atoms with E-state index in [1.807, 2.05) is 28.3 Å². The van der Waals surface area contributed by atoms with Gasteiger partial charge in [0.05, 0.1) is 5.92 Å². The van der Waals surface area contributed by atoms with Crippen LogP contribution in [-0.4, -0.2) is 58.8 Å². The number of anilines is 1. The predicted octanol–water partition coefficient (Wildman–Crippen LogP) is 4.67. The SMILES string of the molecule is O=C(C1CN(C(=O)C2CC2)C1)N1CCC(Nc2cc(C3C=C(Cl)C=CC3)cc3ccncc23)CC1. The molecule has 3 fully saturated rings. The molecule has 0 bridgehead atoms. The first kappa shape index (κ1) is 22.6. The van der Waals surface area contributed by atoms with Gasteiger partial charge in [-0.1, -0.05) is 29.8 Å². The maximum absolute atomic E-state index is 13.0. The molecule has 1 N–H and O–H groups in total. The highest BCUT2D eigenvalue weighted by atomic mass is 35.5. The molecule has 1 aromatic carbocycles. The van der Waals surface area contributed by atoms with Crippen LogP contribution in [0.1, 0.15) is 43.6 Å². The largest absolute Gasteiger partial charge is 0.382 e. The lowest BCUT2D eigenvalue weighted by Crippen LogP contribution is -2.58. The second-order valence-corrected chi connectivity index (χ2v) is 10.9. The van der Waals surface area contributed by atoms with Crippen molar-refractivity contribution in [1.29, 1.82) is 0 Å². The molecule has 35 heavy (non-hydrogen) atoms. The zero-order chi connectivity index (χ0) is 23.9.